The second-order valence-electron chi connectivity index (χ2n) is 5.95. The van der Waals surface area contributed by atoms with E-state index in [-0.39, 0.29) is 0 Å². The summed E-state index contributed by atoms with van der Waals surface area (Å²) < 4.78 is 0. The molecule has 2 aliphatic rings. The van der Waals surface area contributed by atoms with Crippen molar-refractivity contribution in [2.75, 3.05) is 11.9 Å². The Morgan fingerprint density at radius 2 is 2.20 bits per heavy atom. The number of nitrogens with one attached hydrogen (secondary N) is 2. The molecule has 4 nitrogen and oxygen atoms in total. The Morgan fingerprint density at radius 1 is 1.35 bits per heavy atom. The van der Waals surface area contributed by atoms with E-state index in [2.05, 4.69) is 23.6 Å². The summed E-state index contributed by atoms with van der Waals surface area (Å²) in [6, 6.07) is 5.14. The Balaban J connectivity index is 1.86. The predicted octanol–water partition coefficient (Wildman–Crippen LogP) is 2.38. The molecule has 0 saturated carbocycles. The van der Waals surface area contributed by atoms with Gasteiger partial charge in [0.2, 0.25) is 0 Å². The molecule has 1 aromatic rings. The van der Waals surface area contributed by atoms with Gasteiger partial charge < -0.3 is 10.6 Å². The molecular formula is C16H22N4. The fourth-order valence-corrected chi connectivity index (χ4v) is 3.25. The third-order valence-corrected chi connectivity index (χ3v) is 4.51. The maximum absolute atomic E-state index is 9.37. The van der Waals surface area contributed by atoms with E-state index in [0.29, 0.717) is 17.6 Å². The number of aryl methyl sites for hydroxylation is 2. The number of nitriles is 1. The summed E-state index contributed by atoms with van der Waals surface area (Å²) in [7, 11) is 0. The van der Waals surface area contributed by atoms with E-state index in [4.69, 9.17) is 4.98 Å². The van der Waals surface area contributed by atoms with E-state index < -0.39 is 0 Å². The van der Waals surface area contributed by atoms with Crippen LogP contribution in [0.2, 0.25) is 0 Å². The van der Waals surface area contributed by atoms with Crippen molar-refractivity contribution < 1.29 is 0 Å². The highest BCUT2D eigenvalue weighted by Crippen LogP contribution is 2.25. The van der Waals surface area contributed by atoms with Crippen LogP contribution in [0.25, 0.3) is 0 Å². The SMILES string of the molecule is CC1NCCCC1Nc1nc2c(cc1C#N)CCCC2. The largest absolute Gasteiger partial charge is 0.365 e. The highest BCUT2D eigenvalue weighted by atomic mass is 15.1. The van der Waals surface area contributed by atoms with Crippen LogP contribution in [0, 0.1) is 11.3 Å². The van der Waals surface area contributed by atoms with Crippen molar-refractivity contribution in [3.8, 4) is 6.07 Å². The minimum atomic E-state index is 0.366. The van der Waals surface area contributed by atoms with E-state index in [9.17, 15) is 5.26 Å². The summed E-state index contributed by atoms with van der Waals surface area (Å²) in [4.78, 5) is 4.75. The molecule has 1 aliphatic heterocycles. The van der Waals surface area contributed by atoms with E-state index >= 15 is 0 Å². The molecule has 0 aromatic carbocycles. The Bertz CT molecular complexity index is 532. The maximum atomic E-state index is 9.37. The summed E-state index contributed by atoms with van der Waals surface area (Å²) in [6.45, 7) is 3.28. The van der Waals surface area contributed by atoms with Gasteiger partial charge >= 0.3 is 0 Å². The van der Waals surface area contributed by atoms with Crippen LogP contribution in [0.15, 0.2) is 6.07 Å². The average molecular weight is 270 g/mol. The minimum absolute atomic E-state index is 0.366. The van der Waals surface area contributed by atoms with Crippen LogP contribution in [0.1, 0.15) is 49.4 Å². The van der Waals surface area contributed by atoms with Crippen LogP contribution in [0.3, 0.4) is 0 Å². The standard InChI is InChI=1S/C16H22N4/c1-11-14(7-4-8-18-11)19-16-13(10-17)9-12-5-2-3-6-15(12)20-16/h9,11,14,18H,2-8H2,1H3,(H,19,20). The van der Waals surface area contributed by atoms with Gasteiger partial charge in [0.25, 0.3) is 0 Å². The van der Waals surface area contributed by atoms with Gasteiger partial charge in [-0.1, -0.05) is 0 Å². The molecule has 0 bridgehead atoms. The lowest BCUT2D eigenvalue weighted by atomic mass is 9.94. The first-order chi connectivity index (χ1) is 9.78. The molecule has 2 N–H and O–H groups in total. The number of aromatic nitrogens is 1. The number of hydrogen-bond donors (Lipinski definition) is 2. The van der Waals surface area contributed by atoms with Gasteiger partial charge in [-0.15, -0.1) is 0 Å². The van der Waals surface area contributed by atoms with Gasteiger partial charge in [-0.05, 0) is 63.6 Å². The van der Waals surface area contributed by atoms with Gasteiger partial charge in [0.05, 0.1) is 5.56 Å². The lowest BCUT2D eigenvalue weighted by Crippen LogP contribution is -2.46. The van der Waals surface area contributed by atoms with Crippen LogP contribution in [-0.4, -0.2) is 23.6 Å². The maximum Gasteiger partial charge on any atom is 0.144 e. The topological polar surface area (TPSA) is 60.7 Å². The third-order valence-electron chi connectivity index (χ3n) is 4.51. The third kappa shape index (κ3) is 2.64. The zero-order valence-electron chi connectivity index (χ0n) is 12.1. The van der Waals surface area contributed by atoms with Gasteiger partial charge in [0, 0.05) is 17.8 Å². The normalized spacial score (nSPS) is 25.6. The van der Waals surface area contributed by atoms with Gasteiger partial charge in [-0.3, -0.25) is 0 Å². The molecule has 3 rings (SSSR count). The highest BCUT2D eigenvalue weighted by molar-refractivity contribution is 5.55. The predicted molar refractivity (Wildman–Crippen MR) is 79.7 cm³/mol. The van der Waals surface area contributed by atoms with Gasteiger partial charge in [-0.2, -0.15) is 5.26 Å². The summed E-state index contributed by atoms with van der Waals surface area (Å²) >= 11 is 0. The van der Waals surface area contributed by atoms with Crippen molar-refractivity contribution in [2.24, 2.45) is 0 Å². The van der Waals surface area contributed by atoms with Crippen LogP contribution in [-0.2, 0) is 12.8 Å². The number of pyridine rings is 1. The first kappa shape index (κ1) is 13.4. The molecule has 0 amide bonds. The zero-order valence-corrected chi connectivity index (χ0v) is 12.1. The molecule has 1 saturated heterocycles. The first-order valence-corrected chi connectivity index (χ1v) is 7.71. The smallest absolute Gasteiger partial charge is 0.144 e. The van der Waals surface area contributed by atoms with Gasteiger partial charge in [-0.25, -0.2) is 4.98 Å². The van der Waals surface area contributed by atoms with Crippen molar-refractivity contribution in [1.29, 1.82) is 5.26 Å². The monoisotopic (exact) mass is 270 g/mol. The fourth-order valence-electron chi connectivity index (χ4n) is 3.25. The average Bonchev–Trinajstić information content (AvgIpc) is 2.49. The Kier molecular flexibility index (Phi) is 3.88. The Morgan fingerprint density at radius 3 is 3.00 bits per heavy atom. The second kappa shape index (κ2) is 5.80. The van der Waals surface area contributed by atoms with Crippen LogP contribution in [0.4, 0.5) is 5.82 Å². The summed E-state index contributed by atoms with van der Waals surface area (Å²) in [5.74, 6) is 0.786. The van der Waals surface area contributed by atoms with Crippen LogP contribution >= 0.6 is 0 Å². The molecule has 1 fully saturated rings. The Labute approximate surface area is 120 Å². The van der Waals surface area contributed by atoms with Crippen molar-refractivity contribution in [3.63, 3.8) is 0 Å². The molecular weight excluding hydrogens is 248 g/mol. The number of fused-ring (bicyclic) bond motifs is 1. The van der Waals surface area contributed by atoms with Crippen LogP contribution < -0.4 is 10.6 Å². The Hall–Kier alpha value is -1.60. The van der Waals surface area contributed by atoms with Crippen molar-refractivity contribution in [3.05, 3.63) is 22.9 Å². The van der Waals surface area contributed by atoms with Gasteiger partial charge in [0.1, 0.15) is 11.9 Å². The molecule has 2 unspecified atom stereocenters. The number of rotatable bonds is 2. The molecule has 2 atom stereocenters. The molecule has 1 aliphatic carbocycles. The fraction of sp³-hybridized carbons (Fsp3) is 0.625. The zero-order chi connectivity index (χ0) is 13.9. The highest BCUT2D eigenvalue weighted by Gasteiger charge is 2.23. The number of anilines is 1. The number of hydrogen-bond acceptors (Lipinski definition) is 4. The second-order valence-corrected chi connectivity index (χ2v) is 5.95. The summed E-state index contributed by atoms with van der Waals surface area (Å²) in [6.07, 6.45) is 6.86. The van der Waals surface area contributed by atoms with E-state index in [1.54, 1.807) is 0 Å². The molecule has 1 aromatic heterocycles. The lowest BCUT2D eigenvalue weighted by molar-refractivity contribution is 0.388. The molecule has 0 radical (unpaired) electrons. The van der Waals surface area contributed by atoms with Crippen molar-refractivity contribution in [1.82, 2.24) is 10.3 Å². The van der Waals surface area contributed by atoms with E-state index in [1.807, 2.05) is 6.07 Å². The lowest BCUT2D eigenvalue weighted by Gasteiger charge is -2.31. The summed E-state index contributed by atoms with van der Waals surface area (Å²) in [5.41, 5.74) is 3.16. The first-order valence-electron chi connectivity index (χ1n) is 7.71. The molecule has 106 valence electrons. The number of piperidine rings is 1. The molecule has 0 spiro atoms. The minimum Gasteiger partial charge on any atom is -0.365 e. The summed E-state index contributed by atoms with van der Waals surface area (Å²) in [5, 5.41) is 16.4. The number of nitrogens with zero attached hydrogens (tertiary/aromatic N) is 2. The molecule has 20 heavy (non-hydrogen) atoms. The molecule has 2 heterocycles. The van der Waals surface area contributed by atoms with Crippen LogP contribution in [0.5, 0.6) is 0 Å². The molecule has 4 heteroatoms. The van der Waals surface area contributed by atoms with E-state index in [0.717, 1.165) is 31.6 Å². The van der Waals surface area contributed by atoms with Crippen molar-refractivity contribution in [2.45, 2.75) is 57.5 Å². The quantitative estimate of drug-likeness (QED) is 0.866. The van der Waals surface area contributed by atoms with E-state index in [1.165, 1.54) is 30.5 Å². The van der Waals surface area contributed by atoms with Crippen molar-refractivity contribution >= 4 is 5.82 Å². The van der Waals surface area contributed by atoms with Gasteiger partial charge in [0.15, 0.2) is 0 Å².